The van der Waals surface area contributed by atoms with E-state index in [0.29, 0.717) is 18.8 Å². The van der Waals surface area contributed by atoms with Gasteiger partial charge in [-0.25, -0.2) is 0 Å². The fraction of sp³-hybridized carbons (Fsp3) is 0.692. The third-order valence-corrected chi connectivity index (χ3v) is 3.23. The molecule has 1 saturated carbocycles. The van der Waals surface area contributed by atoms with Crippen molar-refractivity contribution in [2.45, 2.75) is 39.5 Å². The fourth-order valence-electron chi connectivity index (χ4n) is 1.98. The molecule has 1 rings (SSSR count). The first kappa shape index (κ1) is 12.9. The molecule has 0 heterocycles. The van der Waals surface area contributed by atoms with E-state index in [1.54, 1.807) is 0 Å². The molecule has 3 nitrogen and oxygen atoms in total. The molecule has 0 bridgehead atoms. The predicted octanol–water partition coefficient (Wildman–Crippen LogP) is 2.50. The number of Topliss-reactive ketones (excluding diaryl/α,β-unsaturated/α-hetero) is 1. The monoisotopic (exact) mass is 224 g/mol. The molecule has 0 aromatic rings. The molecule has 1 aliphatic rings. The van der Waals surface area contributed by atoms with Gasteiger partial charge >= 0.3 is 5.97 Å². The first-order valence-corrected chi connectivity index (χ1v) is 5.90. The average molecular weight is 224 g/mol. The summed E-state index contributed by atoms with van der Waals surface area (Å²) in [7, 11) is 1.39. The van der Waals surface area contributed by atoms with Gasteiger partial charge in [-0.2, -0.15) is 0 Å². The van der Waals surface area contributed by atoms with E-state index in [9.17, 15) is 9.59 Å². The number of allylic oxidation sites excluding steroid dienone is 2. The van der Waals surface area contributed by atoms with Crippen molar-refractivity contribution in [3.05, 3.63) is 11.6 Å². The van der Waals surface area contributed by atoms with Crippen molar-refractivity contribution in [3.63, 3.8) is 0 Å². The van der Waals surface area contributed by atoms with Crippen LogP contribution in [-0.4, -0.2) is 18.9 Å². The number of ether oxygens (including phenoxy) is 1. The second kappa shape index (κ2) is 5.83. The molecule has 1 fully saturated rings. The SMILES string of the molecule is CCC(C)C=C1C(=O)CCC1CC(=O)OC. The summed E-state index contributed by atoms with van der Waals surface area (Å²) in [4.78, 5) is 22.9. The summed E-state index contributed by atoms with van der Waals surface area (Å²) in [6, 6.07) is 0. The van der Waals surface area contributed by atoms with E-state index < -0.39 is 0 Å². The lowest BCUT2D eigenvalue weighted by molar-refractivity contribution is -0.141. The third kappa shape index (κ3) is 3.19. The molecule has 0 radical (unpaired) electrons. The highest BCUT2D eigenvalue weighted by atomic mass is 16.5. The minimum Gasteiger partial charge on any atom is -0.469 e. The number of carbonyl (C=O) groups is 2. The second-order valence-electron chi connectivity index (χ2n) is 4.45. The van der Waals surface area contributed by atoms with Crippen molar-refractivity contribution >= 4 is 11.8 Å². The first-order chi connectivity index (χ1) is 7.58. The summed E-state index contributed by atoms with van der Waals surface area (Å²) in [6.07, 6.45) is 4.75. The van der Waals surface area contributed by atoms with E-state index in [4.69, 9.17) is 0 Å². The second-order valence-corrected chi connectivity index (χ2v) is 4.45. The Bertz CT molecular complexity index is 304. The van der Waals surface area contributed by atoms with Gasteiger partial charge in [-0.15, -0.1) is 0 Å². The van der Waals surface area contributed by atoms with Gasteiger partial charge in [-0.05, 0) is 23.8 Å². The van der Waals surface area contributed by atoms with Gasteiger partial charge < -0.3 is 4.74 Å². The number of ketones is 1. The van der Waals surface area contributed by atoms with E-state index in [-0.39, 0.29) is 17.7 Å². The number of methoxy groups -OCH3 is 1. The molecule has 0 aromatic heterocycles. The van der Waals surface area contributed by atoms with Crippen LogP contribution in [0.2, 0.25) is 0 Å². The predicted molar refractivity (Wildman–Crippen MR) is 61.9 cm³/mol. The van der Waals surface area contributed by atoms with Crippen molar-refractivity contribution in [1.29, 1.82) is 0 Å². The van der Waals surface area contributed by atoms with Crippen LogP contribution >= 0.6 is 0 Å². The lowest BCUT2D eigenvalue weighted by atomic mass is 9.94. The molecule has 90 valence electrons. The molecule has 0 spiro atoms. The van der Waals surface area contributed by atoms with Gasteiger partial charge in [0.05, 0.1) is 13.5 Å². The van der Waals surface area contributed by atoms with Crippen LogP contribution in [0, 0.1) is 11.8 Å². The maximum absolute atomic E-state index is 11.7. The highest BCUT2D eigenvalue weighted by molar-refractivity contribution is 5.98. The Kier molecular flexibility index (Phi) is 4.71. The molecule has 2 unspecified atom stereocenters. The zero-order valence-corrected chi connectivity index (χ0v) is 10.3. The molecular weight excluding hydrogens is 204 g/mol. The Labute approximate surface area is 96.9 Å². The number of carbonyl (C=O) groups excluding carboxylic acids is 2. The van der Waals surface area contributed by atoms with Crippen LogP contribution in [0.4, 0.5) is 0 Å². The highest BCUT2D eigenvalue weighted by Crippen LogP contribution is 2.32. The fourth-order valence-corrected chi connectivity index (χ4v) is 1.98. The number of rotatable bonds is 4. The molecule has 16 heavy (non-hydrogen) atoms. The van der Waals surface area contributed by atoms with Crippen molar-refractivity contribution in [2.24, 2.45) is 11.8 Å². The Morgan fingerprint density at radius 1 is 1.62 bits per heavy atom. The largest absolute Gasteiger partial charge is 0.469 e. The minimum atomic E-state index is -0.227. The van der Waals surface area contributed by atoms with Crippen molar-refractivity contribution in [1.82, 2.24) is 0 Å². The average Bonchev–Trinajstić information content (AvgIpc) is 2.61. The summed E-state index contributed by atoms with van der Waals surface area (Å²) in [5.74, 6) is 0.454. The lowest BCUT2D eigenvalue weighted by Gasteiger charge is -2.11. The maximum atomic E-state index is 11.7. The Hall–Kier alpha value is -1.12. The van der Waals surface area contributed by atoms with Gasteiger partial charge in [-0.3, -0.25) is 9.59 Å². The zero-order valence-electron chi connectivity index (χ0n) is 10.3. The van der Waals surface area contributed by atoms with Gasteiger partial charge in [-0.1, -0.05) is 26.3 Å². The molecule has 0 saturated heterocycles. The number of esters is 1. The van der Waals surface area contributed by atoms with Gasteiger partial charge in [0.2, 0.25) is 0 Å². The van der Waals surface area contributed by atoms with Gasteiger partial charge in [0.25, 0.3) is 0 Å². The van der Waals surface area contributed by atoms with Crippen LogP contribution in [0.25, 0.3) is 0 Å². The summed E-state index contributed by atoms with van der Waals surface area (Å²) in [6.45, 7) is 4.18. The normalized spacial score (nSPS) is 24.8. The molecule has 0 aromatic carbocycles. The maximum Gasteiger partial charge on any atom is 0.306 e. The molecule has 0 N–H and O–H groups in total. The number of hydrogen-bond acceptors (Lipinski definition) is 3. The van der Waals surface area contributed by atoms with Crippen LogP contribution in [-0.2, 0) is 14.3 Å². The standard InChI is InChI=1S/C13H20O3/c1-4-9(2)7-11-10(5-6-12(11)14)8-13(15)16-3/h7,9-10H,4-6,8H2,1-3H3. The van der Waals surface area contributed by atoms with E-state index in [1.807, 2.05) is 6.08 Å². The molecule has 0 aliphatic heterocycles. The van der Waals surface area contributed by atoms with Crippen molar-refractivity contribution in [2.75, 3.05) is 7.11 Å². The van der Waals surface area contributed by atoms with Crippen molar-refractivity contribution < 1.29 is 14.3 Å². The van der Waals surface area contributed by atoms with E-state index >= 15 is 0 Å². The Morgan fingerprint density at radius 3 is 2.88 bits per heavy atom. The summed E-state index contributed by atoms with van der Waals surface area (Å²) >= 11 is 0. The first-order valence-electron chi connectivity index (χ1n) is 5.90. The molecular formula is C13H20O3. The quantitative estimate of drug-likeness (QED) is 0.544. The Balaban J connectivity index is 2.73. The minimum absolute atomic E-state index is 0.0777. The molecule has 3 heteroatoms. The topological polar surface area (TPSA) is 43.4 Å². The van der Waals surface area contributed by atoms with Crippen LogP contribution in [0.15, 0.2) is 11.6 Å². The van der Waals surface area contributed by atoms with E-state index in [0.717, 1.165) is 18.4 Å². The molecule has 0 amide bonds. The number of hydrogen-bond donors (Lipinski definition) is 0. The van der Waals surface area contributed by atoms with Crippen molar-refractivity contribution in [3.8, 4) is 0 Å². The lowest BCUT2D eigenvalue weighted by Crippen LogP contribution is -2.11. The summed E-state index contributed by atoms with van der Waals surface area (Å²) < 4.78 is 4.65. The van der Waals surface area contributed by atoms with Gasteiger partial charge in [0.1, 0.15) is 0 Å². The zero-order chi connectivity index (χ0) is 12.1. The van der Waals surface area contributed by atoms with Crippen LogP contribution in [0.1, 0.15) is 39.5 Å². The smallest absolute Gasteiger partial charge is 0.306 e. The van der Waals surface area contributed by atoms with Crippen LogP contribution in [0.5, 0.6) is 0 Å². The summed E-state index contributed by atoms with van der Waals surface area (Å²) in [5.41, 5.74) is 0.847. The van der Waals surface area contributed by atoms with Crippen LogP contribution < -0.4 is 0 Å². The highest BCUT2D eigenvalue weighted by Gasteiger charge is 2.30. The summed E-state index contributed by atoms with van der Waals surface area (Å²) in [5, 5.41) is 0. The third-order valence-electron chi connectivity index (χ3n) is 3.23. The van der Waals surface area contributed by atoms with E-state index in [1.165, 1.54) is 7.11 Å². The van der Waals surface area contributed by atoms with Gasteiger partial charge in [0, 0.05) is 6.42 Å². The van der Waals surface area contributed by atoms with Crippen LogP contribution in [0.3, 0.4) is 0 Å². The molecule has 2 atom stereocenters. The van der Waals surface area contributed by atoms with Gasteiger partial charge in [0.15, 0.2) is 5.78 Å². The van der Waals surface area contributed by atoms with E-state index in [2.05, 4.69) is 18.6 Å². The molecule has 1 aliphatic carbocycles. The Morgan fingerprint density at radius 2 is 2.31 bits per heavy atom.